The maximum Gasteiger partial charge on any atom is 0.327 e. The van der Waals surface area contributed by atoms with E-state index in [-0.39, 0.29) is 25.5 Å². The van der Waals surface area contributed by atoms with Gasteiger partial charge in [0.25, 0.3) is 0 Å². The highest BCUT2D eigenvalue weighted by Gasteiger charge is 2.38. The summed E-state index contributed by atoms with van der Waals surface area (Å²) in [5, 5.41) is 8.90. The molecule has 2 rings (SSSR count). The molecule has 1 aromatic carbocycles. The number of anilines is 1. The Morgan fingerprint density at radius 1 is 1.35 bits per heavy atom. The fraction of sp³-hybridized carbons (Fsp3) is 0.533. The molecular formula is C15H21FN2O4S. The Balaban J connectivity index is 2.33. The van der Waals surface area contributed by atoms with Gasteiger partial charge in [-0.1, -0.05) is 0 Å². The molecule has 1 aliphatic heterocycles. The first-order chi connectivity index (χ1) is 10.6. The van der Waals surface area contributed by atoms with Gasteiger partial charge in [0.15, 0.2) is 0 Å². The van der Waals surface area contributed by atoms with Crippen molar-refractivity contribution in [2.24, 2.45) is 0 Å². The number of benzene rings is 1. The first-order valence-electron chi connectivity index (χ1n) is 7.39. The Morgan fingerprint density at radius 2 is 2.00 bits per heavy atom. The molecule has 0 saturated carbocycles. The highest BCUT2D eigenvalue weighted by molar-refractivity contribution is 7.89. The minimum atomic E-state index is -3.51. The molecule has 1 unspecified atom stereocenters. The predicted molar refractivity (Wildman–Crippen MR) is 85.5 cm³/mol. The number of carboxylic acid groups (broad SMARTS) is 1. The van der Waals surface area contributed by atoms with Crippen LogP contribution in [0.15, 0.2) is 18.2 Å². The van der Waals surface area contributed by atoms with Gasteiger partial charge in [-0.15, -0.1) is 0 Å². The van der Waals surface area contributed by atoms with Crippen molar-refractivity contribution in [3.8, 4) is 0 Å². The molecule has 8 heteroatoms. The van der Waals surface area contributed by atoms with E-state index in [2.05, 4.69) is 0 Å². The summed E-state index contributed by atoms with van der Waals surface area (Å²) >= 11 is 0. The number of halogens is 1. The molecule has 0 spiro atoms. The van der Waals surface area contributed by atoms with Gasteiger partial charge in [-0.2, -0.15) is 4.31 Å². The minimum Gasteiger partial charge on any atom is -0.480 e. The number of aryl methyl sites for hydroxylation is 1. The third-order valence-corrected chi connectivity index (χ3v) is 6.29. The molecule has 0 aliphatic carbocycles. The van der Waals surface area contributed by atoms with Crippen molar-refractivity contribution in [1.82, 2.24) is 4.31 Å². The molecule has 128 valence electrons. The molecule has 0 bridgehead atoms. The topological polar surface area (TPSA) is 77.9 Å². The van der Waals surface area contributed by atoms with Gasteiger partial charge in [0.1, 0.15) is 11.9 Å². The van der Waals surface area contributed by atoms with Crippen LogP contribution in [-0.4, -0.2) is 54.7 Å². The van der Waals surface area contributed by atoms with E-state index >= 15 is 0 Å². The van der Waals surface area contributed by atoms with Gasteiger partial charge in [-0.3, -0.25) is 0 Å². The summed E-state index contributed by atoms with van der Waals surface area (Å²) in [5.74, 6) is -1.49. The second kappa shape index (κ2) is 6.45. The summed E-state index contributed by atoms with van der Waals surface area (Å²) in [6.45, 7) is 5.18. The van der Waals surface area contributed by atoms with E-state index in [1.54, 1.807) is 25.7 Å². The molecular weight excluding hydrogens is 323 g/mol. The van der Waals surface area contributed by atoms with Crippen LogP contribution in [0.25, 0.3) is 0 Å². The number of rotatable bonds is 4. The molecule has 1 saturated heterocycles. The van der Waals surface area contributed by atoms with Crippen LogP contribution in [0.3, 0.4) is 0 Å². The van der Waals surface area contributed by atoms with Gasteiger partial charge >= 0.3 is 5.97 Å². The van der Waals surface area contributed by atoms with Crippen molar-refractivity contribution < 1.29 is 22.7 Å². The number of piperazine rings is 1. The number of sulfonamides is 1. The Bertz CT molecular complexity index is 705. The summed E-state index contributed by atoms with van der Waals surface area (Å²) < 4.78 is 39.0. The summed E-state index contributed by atoms with van der Waals surface area (Å²) in [4.78, 5) is 13.2. The molecule has 1 N–H and O–H groups in total. The Labute approximate surface area is 135 Å². The lowest BCUT2D eigenvalue weighted by Crippen LogP contribution is -2.59. The second-order valence-electron chi connectivity index (χ2n) is 5.93. The highest BCUT2D eigenvalue weighted by Crippen LogP contribution is 2.27. The van der Waals surface area contributed by atoms with Crippen LogP contribution in [0.4, 0.5) is 10.1 Å². The van der Waals surface area contributed by atoms with E-state index in [0.717, 1.165) is 0 Å². The molecule has 1 atom stereocenters. The Morgan fingerprint density at radius 3 is 2.52 bits per heavy atom. The number of aliphatic carboxylic acids is 1. The highest BCUT2D eigenvalue weighted by atomic mass is 32.2. The average molecular weight is 344 g/mol. The van der Waals surface area contributed by atoms with E-state index < -0.39 is 27.3 Å². The molecule has 23 heavy (non-hydrogen) atoms. The van der Waals surface area contributed by atoms with Crippen molar-refractivity contribution in [2.75, 3.05) is 24.5 Å². The van der Waals surface area contributed by atoms with Crippen LogP contribution in [-0.2, 0) is 14.8 Å². The van der Waals surface area contributed by atoms with Crippen molar-refractivity contribution >= 4 is 21.7 Å². The van der Waals surface area contributed by atoms with Gasteiger partial charge in [-0.25, -0.2) is 17.6 Å². The standard InChI is InChI=1S/C15H21FN2O4S/c1-10(2)23(21,22)17-6-7-18(14(9-17)15(19)20)13-5-4-12(16)8-11(13)3/h4-5,8,10,14H,6-7,9H2,1-3H3,(H,19,20). The minimum absolute atomic E-state index is 0.118. The zero-order valence-corrected chi connectivity index (χ0v) is 14.2. The predicted octanol–water partition coefficient (Wildman–Crippen LogP) is 1.45. The van der Waals surface area contributed by atoms with Gasteiger partial charge in [0.2, 0.25) is 10.0 Å². The molecule has 1 heterocycles. The smallest absolute Gasteiger partial charge is 0.327 e. The maximum atomic E-state index is 13.3. The lowest BCUT2D eigenvalue weighted by atomic mass is 10.1. The zero-order chi connectivity index (χ0) is 17.4. The third kappa shape index (κ3) is 3.48. The van der Waals surface area contributed by atoms with Gasteiger partial charge in [0, 0.05) is 25.3 Å². The average Bonchev–Trinajstić information content (AvgIpc) is 2.46. The van der Waals surface area contributed by atoms with Crippen molar-refractivity contribution in [1.29, 1.82) is 0 Å². The summed E-state index contributed by atoms with van der Waals surface area (Å²) in [7, 11) is -3.51. The third-order valence-electron chi connectivity index (χ3n) is 4.05. The molecule has 1 aromatic rings. The normalized spacial score (nSPS) is 20.0. The van der Waals surface area contributed by atoms with Gasteiger partial charge < -0.3 is 10.0 Å². The first-order valence-corrected chi connectivity index (χ1v) is 8.89. The fourth-order valence-electron chi connectivity index (χ4n) is 2.73. The van der Waals surface area contributed by atoms with Gasteiger partial charge in [-0.05, 0) is 44.5 Å². The van der Waals surface area contributed by atoms with Gasteiger partial charge in [0.05, 0.1) is 5.25 Å². The second-order valence-corrected chi connectivity index (χ2v) is 8.42. The SMILES string of the molecule is Cc1cc(F)ccc1N1CCN(S(=O)(=O)C(C)C)CC1C(=O)O. The van der Waals surface area contributed by atoms with Crippen LogP contribution in [0.5, 0.6) is 0 Å². The van der Waals surface area contributed by atoms with Crippen LogP contribution in [0.2, 0.25) is 0 Å². The van der Waals surface area contributed by atoms with Crippen molar-refractivity contribution in [3.05, 3.63) is 29.6 Å². The number of hydrogen-bond acceptors (Lipinski definition) is 4. The largest absolute Gasteiger partial charge is 0.480 e. The van der Waals surface area contributed by atoms with Crippen molar-refractivity contribution in [3.63, 3.8) is 0 Å². The number of nitrogens with zero attached hydrogens (tertiary/aromatic N) is 2. The molecule has 1 fully saturated rings. The van der Waals surface area contributed by atoms with E-state index in [1.807, 2.05) is 0 Å². The Kier molecular flexibility index (Phi) is 4.95. The summed E-state index contributed by atoms with van der Waals surface area (Å²) in [6.07, 6.45) is 0. The van der Waals surface area contributed by atoms with Crippen LogP contribution in [0.1, 0.15) is 19.4 Å². The molecule has 0 radical (unpaired) electrons. The zero-order valence-electron chi connectivity index (χ0n) is 13.4. The molecule has 0 amide bonds. The summed E-state index contributed by atoms with van der Waals surface area (Å²) in [5.41, 5.74) is 1.23. The van der Waals surface area contributed by atoms with E-state index in [9.17, 15) is 22.7 Å². The summed E-state index contributed by atoms with van der Waals surface area (Å²) in [6, 6.07) is 3.15. The van der Waals surface area contributed by atoms with E-state index in [0.29, 0.717) is 11.3 Å². The fourth-order valence-corrected chi connectivity index (χ4v) is 4.01. The van der Waals surface area contributed by atoms with Crippen LogP contribution >= 0.6 is 0 Å². The quantitative estimate of drug-likeness (QED) is 0.894. The van der Waals surface area contributed by atoms with E-state index in [1.165, 1.54) is 22.5 Å². The maximum absolute atomic E-state index is 13.3. The van der Waals surface area contributed by atoms with Crippen LogP contribution in [0, 0.1) is 12.7 Å². The lowest BCUT2D eigenvalue weighted by Gasteiger charge is -2.41. The van der Waals surface area contributed by atoms with Crippen LogP contribution < -0.4 is 4.90 Å². The Hall–Kier alpha value is -1.67. The monoisotopic (exact) mass is 344 g/mol. The lowest BCUT2D eigenvalue weighted by molar-refractivity contribution is -0.139. The number of carboxylic acids is 1. The number of hydrogen-bond donors (Lipinski definition) is 1. The molecule has 6 nitrogen and oxygen atoms in total. The number of carbonyl (C=O) groups is 1. The molecule has 1 aliphatic rings. The van der Waals surface area contributed by atoms with E-state index in [4.69, 9.17) is 0 Å². The molecule has 0 aromatic heterocycles. The first kappa shape index (κ1) is 17.7. The van der Waals surface area contributed by atoms with Crippen molar-refractivity contribution in [2.45, 2.75) is 32.1 Å².